The molecule has 1 N–H and O–H groups in total. The zero-order valence-electron chi connectivity index (χ0n) is 18.3. The largest absolute Gasteiger partial charge is 0.372 e. The van der Waals surface area contributed by atoms with E-state index >= 15 is 0 Å². The van der Waals surface area contributed by atoms with Gasteiger partial charge in [-0.25, -0.2) is 4.68 Å². The summed E-state index contributed by atoms with van der Waals surface area (Å²) in [6.45, 7) is 6.68. The SMILES string of the molecule is CC(C)Cn1nc(C(=O)Nc2ccc(N3CCCCCC3)cc2)c2ccccc2c1=O. The fourth-order valence-electron chi connectivity index (χ4n) is 4.15. The van der Waals surface area contributed by atoms with E-state index < -0.39 is 0 Å². The van der Waals surface area contributed by atoms with Crippen LogP contribution in [0.4, 0.5) is 11.4 Å². The second kappa shape index (κ2) is 9.33. The predicted octanol–water partition coefficient (Wildman–Crippen LogP) is 4.69. The van der Waals surface area contributed by atoms with Crippen molar-refractivity contribution in [3.63, 3.8) is 0 Å². The van der Waals surface area contributed by atoms with E-state index in [-0.39, 0.29) is 23.1 Å². The summed E-state index contributed by atoms with van der Waals surface area (Å²) in [5.41, 5.74) is 2.01. The molecule has 1 aromatic heterocycles. The molecule has 6 heteroatoms. The van der Waals surface area contributed by atoms with Crippen LogP contribution in [0.15, 0.2) is 53.3 Å². The van der Waals surface area contributed by atoms with Crippen molar-refractivity contribution in [1.29, 1.82) is 0 Å². The monoisotopic (exact) mass is 418 g/mol. The molecule has 1 fully saturated rings. The van der Waals surface area contributed by atoms with Gasteiger partial charge in [0.15, 0.2) is 5.69 Å². The van der Waals surface area contributed by atoms with Crippen LogP contribution < -0.4 is 15.8 Å². The lowest BCUT2D eigenvalue weighted by molar-refractivity contribution is 0.102. The van der Waals surface area contributed by atoms with E-state index in [2.05, 4.69) is 27.4 Å². The zero-order chi connectivity index (χ0) is 21.8. The lowest BCUT2D eigenvalue weighted by Crippen LogP contribution is -2.29. The van der Waals surface area contributed by atoms with Crippen molar-refractivity contribution in [2.24, 2.45) is 5.92 Å². The Hall–Kier alpha value is -3.15. The summed E-state index contributed by atoms with van der Waals surface area (Å²) in [6, 6.07) is 15.2. The van der Waals surface area contributed by atoms with Crippen LogP contribution in [0.3, 0.4) is 0 Å². The number of aromatic nitrogens is 2. The van der Waals surface area contributed by atoms with Gasteiger partial charge in [-0.15, -0.1) is 0 Å². The van der Waals surface area contributed by atoms with E-state index in [0.717, 1.165) is 18.8 Å². The molecular formula is C25H30N4O2. The van der Waals surface area contributed by atoms with Crippen LogP contribution in [-0.4, -0.2) is 28.8 Å². The normalized spacial score (nSPS) is 14.6. The number of carbonyl (C=O) groups excluding carboxylic acids is 1. The van der Waals surface area contributed by atoms with Crippen molar-refractivity contribution in [1.82, 2.24) is 9.78 Å². The number of nitrogens with zero attached hydrogens (tertiary/aromatic N) is 3. The van der Waals surface area contributed by atoms with Gasteiger partial charge in [0, 0.05) is 36.4 Å². The summed E-state index contributed by atoms with van der Waals surface area (Å²) >= 11 is 0. The summed E-state index contributed by atoms with van der Waals surface area (Å²) in [6.07, 6.45) is 5.04. The van der Waals surface area contributed by atoms with E-state index in [4.69, 9.17) is 0 Å². The van der Waals surface area contributed by atoms with Gasteiger partial charge in [0.25, 0.3) is 11.5 Å². The van der Waals surface area contributed by atoms with Crippen LogP contribution in [-0.2, 0) is 6.54 Å². The molecule has 1 amide bonds. The molecule has 31 heavy (non-hydrogen) atoms. The molecule has 3 aromatic rings. The topological polar surface area (TPSA) is 67.2 Å². The van der Waals surface area contributed by atoms with Gasteiger partial charge in [-0.05, 0) is 49.1 Å². The van der Waals surface area contributed by atoms with Gasteiger partial charge in [-0.2, -0.15) is 5.10 Å². The maximum absolute atomic E-state index is 13.1. The molecule has 0 spiro atoms. The van der Waals surface area contributed by atoms with Gasteiger partial charge in [-0.1, -0.05) is 44.9 Å². The lowest BCUT2D eigenvalue weighted by atomic mass is 10.1. The number of amides is 1. The Morgan fingerprint density at radius 3 is 2.26 bits per heavy atom. The lowest BCUT2D eigenvalue weighted by Gasteiger charge is -2.22. The Balaban J connectivity index is 1.59. The predicted molar refractivity (Wildman–Crippen MR) is 126 cm³/mol. The van der Waals surface area contributed by atoms with Gasteiger partial charge in [0.1, 0.15) is 0 Å². The number of benzene rings is 2. The van der Waals surface area contributed by atoms with Crippen molar-refractivity contribution in [2.75, 3.05) is 23.3 Å². The zero-order valence-corrected chi connectivity index (χ0v) is 18.3. The number of hydrogen-bond acceptors (Lipinski definition) is 4. The number of carbonyl (C=O) groups is 1. The van der Waals surface area contributed by atoms with Crippen molar-refractivity contribution in [2.45, 2.75) is 46.1 Å². The molecule has 1 aliphatic heterocycles. The van der Waals surface area contributed by atoms with Crippen LogP contribution in [0.2, 0.25) is 0 Å². The van der Waals surface area contributed by atoms with Crippen molar-refractivity contribution in [3.8, 4) is 0 Å². The first-order valence-corrected chi connectivity index (χ1v) is 11.2. The van der Waals surface area contributed by atoms with Gasteiger partial charge >= 0.3 is 0 Å². The summed E-state index contributed by atoms with van der Waals surface area (Å²) < 4.78 is 1.41. The second-order valence-corrected chi connectivity index (χ2v) is 8.68. The summed E-state index contributed by atoms with van der Waals surface area (Å²) in [4.78, 5) is 28.3. The minimum absolute atomic E-state index is 0.164. The third-order valence-corrected chi connectivity index (χ3v) is 5.72. The van der Waals surface area contributed by atoms with Crippen LogP contribution in [0, 0.1) is 5.92 Å². The number of anilines is 2. The van der Waals surface area contributed by atoms with Gasteiger partial charge in [0.2, 0.25) is 0 Å². The summed E-state index contributed by atoms with van der Waals surface area (Å²) in [5.74, 6) is -0.0648. The Kier molecular flexibility index (Phi) is 6.35. The Morgan fingerprint density at radius 1 is 0.968 bits per heavy atom. The molecule has 0 saturated carbocycles. The number of hydrogen-bond donors (Lipinski definition) is 1. The number of nitrogens with one attached hydrogen (secondary N) is 1. The Morgan fingerprint density at radius 2 is 1.61 bits per heavy atom. The Bertz CT molecular complexity index is 1110. The van der Waals surface area contributed by atoms with Crippen molar-refractivity contribution >= 4 is 28.1 Å². The minimum Gasteiger partial charge on any atom is -0.372 e. The van der Waals surface area contributed by atoms with Crippen LogP contribution in [0.5, 0.6) is 0 Å². The maximum Gasteiger partial charge on any atom is 0.276 e. The summed E-state index contributed by atoms with van der Waals surface area (Å²) in [5, 5.41) is 8.47. The molecule has 0 unspecified atom stereocenters. The van der Waals surface area contributed by atoms with Gasteiger partial charge in [-0.3, -0.25) is 9.59 Å². The molecule has 0 bridgehead atoms. The summed E-state index contributed by atoms with van der Waals surface area (Å²) in [7, 11) is 0. The first-order chi connectivity index (χ1) is 15.0. The molecule has 4 rings (SSSR count). The van der Waals surface area contributed by atoms with Gasteiger partial charge < -0.3 is 10.2 Å². The van der Waals surface area contributed by atoms with E-state index in [0.29, 0.717) is 17.3 Å². The smallest absolute Gasteiger partial charge is 0.276 e. The third kappa shape index (κ3) is 4.79. The average molecular weight is 419 g/mol. The highest BCUT2D eigenvalue weighted by molar-refractivity contribution is 6.11. The molecule has 0 aliphatic carbocycles. The van der Waals surface area contributed by atoms with Crippen LogP contribution in [0.25, 0.3) is 10.8 Å². The fraction of sp³-hybridized carbons (Fsp3) is 0.400. The maximum atomic E-state index is 13.1. The molecule has 0 radical (unpaired) electrons. The molecule has 2 aromatic carbocycles. The number of fused-ring (bicyclic) bond motifs is 1. The average Bonchev–Trinajstić information content (AvgIpc) is 3.05. The molecule has 1 saturated heterocycles. The molecule has 6 nitrogen and oxygen atoms in total. The molecule has 2 heterocycles. The minimum atomic E-state index is -0.309. The van der Waals surface area contributed by atoms with Crippen molar-refractivity contribution in [3.05, 3.63) is 64.6 Å². The standard InChI is InChI=1S/C25H30N4O2/c1-18(2)17-29-25(31)22-10-6-5-9-21(22)23(27-29)24(30)26-19-11-13-20(14-12-19)28-15-7-3-4-8-16-28/h5-6,9-14,18H,3-4,7-8,15-17H2,1-2H3,(H,26,30). The number of rotatable bonds is 5. The highest BCUT2D eigenvalue weighted by Gasteiger charge is 2.18. The highest BCUT2D eigenvalue weighted by atomic mass is 16.2. The third-order valence-electron chi connectivity index (χ3n) is 5.72. The van der Waals surface area contributed by atoms with E-state index in [9.17, 15) is 9.59 Å². The van der Waals surface area contributed by atoms with E-state index in [1.165, 1.54) is 36.1 Å². The first-order valence-electron chi connectivity index (χ1n) is 11.2. The Labute approximate surface area is 182 Å². The fourth-order valence-corrected chi connectivity index (χ4v) is 4.15. The van der Waals surface area contributed by atoms with Crippen molar-refractivity contribution < 1.29 is 4.79 Å². The quantitative estimate of drug-likeness (QED) is 0.653. The van der Waals surface area contributed by atoms with Crippen LogP contribution >= 0.6 is 0 Å². The van der Waals surface area contributed by atoms with E-state index in [1.807, 2.05) is 38.1 Å². The molecule has 0 atom stereocenters. The second-order valence-electron chi connectivity index (χ2n) is 8.68. The van der Waals surface area contributed by atoms with Crippen LogP contribution in [0.1, 0.15) is 50.0 Å². The molecular weight excluding hydrogens is 388 g/mol. The first kappa shape index (κ1) is 21.1. The molecule has 1 aliphatic rings. The highest BCUT2D eigenvalue weighted by Crippen LogP contribution is 2.22. The van der Waals surface area contributed by atoms with Gasteiger partial charge in [0.05, 0.1) is 5.39 Å². The van der Waals surface area contributed by atoms with E-state index in [1.54, 1.807) is 12.1 Å². The molecule has 162 valence electrons.